The van der Waals surface area contributed by atoms with Crippen LogP contribution in [-0.2, 0) is 4.74 Å². The van der Waals surface area contributed by atoms with E-state index >= 15 is 0 Å². The van der Waals surface area contributed by atoms with Crippen molar-refractivity contribution in [1.82, 2.24) is 19.9 Å². The van der Waals surface area contributed by atoms with Gasteiger partial charge in [-0.25, -0.2) is 9.97 Å². The number of anilines is 4. The number of nitrogens with one attached hydrogen (secondary N) is 1. The number of hydrogen-bond acceptors (Lipinski definition) is 11. The molecule has 0 saturated carbocycles. The summed E-state index contributed by atoms with van der Waals surface area (Å²) in [6.07, 6.45) is 1.46. The van der Waals surface area contributed by atoms with Gasteiger partial charge in [0.05, 0.1) is 27.4 Å². The van der Waals surface area contributed by atoms with Gasteiger partial charge in [-0.3, -0.25) is 4.90 Å². The summed E-state index contributed by atoms with van der Waals surface area (Å²) in [4.78, 5) is 17.4. The highest BCUT2D eigenvalue weighted by Crippen LogP contribution is 2.41. The van der Waals surface area contributed by atoms with Crippen molar-refractivity contribution in [2.45, 2.75) is 0 Å². The van der Waals surface area contributed by atoms with Gasteiger partial charge in [-0.05, 0) is 36.4 Å². The monoisotopic (exact) mass is 558 g/mol. The van der Waals surface area contributed by atoms with Crippen LogP contribution in [0.1, 0.15) is 0 Å². The van der Waals surface area contributed by atoms with E-state index in [1.54, 1.807) is 14.2 Å². The molecular weight excluding hydrogens is 524 g/mol. The minimum Gasteiger partial charge on any atom is -0.493 e. The fourth-order valence-electron chi connectivity index (χ4n) is 4.31. The Bertz CT molecular complexity index is 1380. The van der Waals surface area contributed by atoms with E-state index < -0.39 is 0 Å². The van der Waals surface area contributed by atoms with Gasteiger partial charge >= 0.3 is 0 Å². The lowest BCUT2D eigenvalue weighted by Crippen LogP contribution is -2.38. The van der Waals surface area contributed by atoms with E-state index in [4.69, 9.17) is 23.7 Å². The van der Waals surface area contributed by atoms with E-state index in [0.717, 1.165) is 50.0 Å². The van der Waals surface area contributed by atoms with E-state index in [1.807, 2.05) is 78.7 Å². The van der Waals surface area contributed by atoms with Gasteiger partial charge in [0.15, 0.2) is 11.5 Å². The first-order chi connectivity index (χ1) is 20.1. The van der Waals surface area contributed by atoms with Gasteiger partial charge in [-0.1, -0.05) is 18.2 Å². The smallest absolute Gasteiger partial charge is 0.234 e. The summed E-state index contributed by atoms with van der Waals surface area (Å²) in [6, 6.07) is 21.0. The molecule has 1 N–H and O–H groups in total. The normalized spacial score (nSPS) is 13.3. The fourth-order valence-corrected chi connectivity index (χ4v) is 4.31. The van der Waals surface area contributed by atoms with Gasteiger partial charge in [-0.15, -0.1) is 0 Å². The molecule has 1 saturated heterocycles. The highest BCUT2D eigenvalue weighted by Gasteiger charge is 2.17. The van der Waals surface area contributed by atoms with Crippen molar-refractivity contribution in [2.24, 2.45) is 0 Å². The molecule has 4 aromatic rings. The molecule has 0 atom stereocenters. The van der Waals surface area contributed by atoms with Crippen LogP contribution in [0.4, 0.5) is 23.3 Å². The van der Waals surface area contributed by atoms with Crippen LogP contribution in [0.15, 0.2) is 73.1 Å². The predicted molar refractivity (Wildman–Crippen MR) is 156 cm³/mol. The molecular formula is C30H34N6O5. The van der Waals surface area contributed by atoms with E-state index in [1.165, 1.54) is 6.33 Å². The van der Waals surface area contributed by atoms with Crippen LogP contribution >= 0.6 is 0 Å². The first-order valence-electron chi connectivity index (χ1n) is 13.3. The molecule has 0 aliphatic carbocycles. The van der Waals surface area contributed by atoms with Crippen molar-refractivity contribution >= 4 is 23.3 Å². The number of nitrogens with zero attached hydrogens (tertiary/aromatic N) is 5. The highest BCUT2D eigenvalue weighted by atomic mass is 16.5. The Balaban J connectivity index is 1.25. The molecule has 0 bridgehead atoms. The molecule has 0 amide bonds. The third-order valence-corrected chi connectivity index (χ3v) is 6.54. The summed E-state index contributed by atoms with van der Waals surface area (Å²) >= 11 is 0. The lowest BCUT2D eigenvalue weighted by molar-refractivity contribution is 0.0319. The second-order valence-corrected chi connectivity index (χ2v) is 9.21. The zero-order valence-electron chi connectivity index (χ0n) is 23.4. The van der Waals surface area contributed by atoms with E-state index in [2.05, 4.69) is 25.2 Å². The molecule has 1 fully saturated rings. The summed E-state index contributed by atoms with van der Waals surface area (Å²) in [7, 11) is 5.08. The van der Waals surface area contributed by atoms with Crippen molar-refractivity contribution in [3.05, 3.63) is 73.1 Å². The van der Waals surface area contributed by atoms with Crippen molar-refractivity contribution in [3.8, 4) is 28.7 Å². The zero-order valence-corrected chi connectivity index (χ0v) is 23.4. The lowest BCUT2D eigenvalue weighted by Gasteiger charge is -2.26. The molecule has 5 rings (SSSR count). The maximum absolute atomic E-state index is 6.08. The molecule has 2 heterocycles. The number of morpholine rings is 1. The van der Waals surface area contributed by atoms with Crippen LogP contribution in [-0.4, -0.2) is 80.6 Å². The summed E-state index contributed by atoms with van der Waals surface area (Å²) in [5.41, 5.74) is 1.57. The Morgan fingerprint density at radius 3 is 2.27 bits per heavy atom. The van der Waals surface area contributed by atoms with E-state index in [-0.39, 0.29) is 0 Å². The molecule has 11 nitrogen and oxygen atoms in total. The molecule has 11 heteroatoms. The first kappa shape index (κ1) is 27.9. The SMILES string of the molecule is COc1cc(Nc2ncnc(N(C)c3ccc(Oc4ccccc4)cc3)n2)cc(OC)c1OCCN1CCOCC1. The number of methoxy groups -OCH3 is 2. The van der Waals surface area contributed by atoms with Crippen LogP contribution in [0, 0.1) is 0 Å². The van der Waals surface area contributed by atoms with Gasteiger partial charge in [0.25, 0.3) is 0 Å². The van der Waals surface area contributed by atoms with Gasteiger partial charge in [0.1, 0.15) is 24.4 Å². The Labute approximate surface area is 239 Å². The Morgan fingerprint density at radius 2 is 1.59 bits per heavy atom. The van der Waals surface area contributed by atoms with Crippen molar-refractivity contribution in [2.75, 3.05) is 70.9 Å². The minimum absolute atomic E-state index is 0.371. The Kier molecular flexibility index (Phi) is 9.30. The number of hydrogen-bond donors (Lipinski definition) is 1. The molecule has 0 radical (unpaired) electrons. The molecule has 3 aromatic carbocycles. The van der Waals surface area contributed by atoms with Gasteiger partial charge in [0.2, 0.25) is 17.6 Å². The number of benzene rings is 3. The number of rotatable bonds is 12. The minimum atomic E-state index is 0.371. The highest BCUT2D eigenvalue weighted by molar-refractivity contribution is 5.66. The summed E-state index contributed by atoms with van der Waals surface area (Å²) < 4.78 is 28.6. The lowest BCUT2D eigenvalue weighted by atomic mass is 10.2. The Morgan fingerprint density at radius 1 is 0.902 bits per heavy atom. The zero-order chi connectivity index (χ0) is 28.4. The van der Waals surface area contributed by atoms with Crippen molar-refractivity contribution in [3.63, 3.8) is 0 Å². The molecule has 41 heavy (non-hydrogen) atoms. The fraction of sp³-hybridized carbons (Fsp3) is 0.300. The maximum Gasteiger partial charge on any atom is 0.234 e. The summed E-state index contributed by atoms with van der Waals surface area (Å²) in [6.45, 7) is 4.59. The Hall–Kier alpha value is -4.61. The van der Waals surface area contributed by atoms with Gasteiger partial charge < -0.3 is 33.9 Å². The quantitative estimate of drug-likeness (QED) is 0.257. The molecule has 1 aliphatic rings. The third-order valence-electron chi connectivity index (χ3n) is 6.54. The number of ether oxygens (including phenoxy) is 5. The van der Waals surface area contributed by atoms with Crippen LogP contribution in [0.5, 0.6) is 28.7 Å². The van der Waals surface area contributed by atoms with E-state index in [0.29, 0.717) is 41.4 Å². The summed E-state index contributed by atoms with van der Waals surface area (Å²) in [5.74, 6) is 3.99. The maximum atomic E-state index is 6.08. The molecule has 214 valence electrons. The van der Waals surface area contributed by atoms with Gasteiger partial charge in [0, 0.05) is 50.2 Å². The average molecular weight is 559 g/mol. The first-order valence-corrected chi connectivity index (χ1v) is 13.3. The number of aromatic nitrogens is 3. The van der Waals surface area contributed by atoms with E-state index in [9.17, 15) is 0 Å². The third kappa shape index (κ3) is 7.33. The van der Waals surface area contributed by atoms with Crippen LogP contribution in [0.25, 0.3) is 0 Å². The van der Waals surface area contributed by atoms with Crippen molar-refractivity contribution < 1.29 is 23.7 Å². The molecule has 1 aliphatic heterocycles. The topological polar surface area (TPSA) is 103 Å². The second-order valence-electron chi connectivity index (χ2n) is 9.21. The summed E-state index contributed by atoms with van der Waals surface area (Å²) in [5, 5.41) is 3.22. The molecule has 0 unspecified atom stereocenters. The predicted octanol–water partition coefficient (Wildman–Crippen LogP) is 4.90. The standard InChI is InChI=1S/C30H34N6O5/c1-35(23-9-11-25(12-10-23)41-24-7-5-4-6-8-24)30-32-21-31-29(34-30)33-22-19-26(37-2)28(27(20-22)38-3)40-18-15-36-13-16-39-17-14-36/h4-12,19-21H,13-18H2,1-3H3,(H,31,32,33,34). The van der Waals surface area contributed by atoms with Crippen molar-refractivity contribution in [1.29, 1.82) is 0 Å². The molecule has 0 spiro atoms. The van der Waals surface area contributed by atoms with Gasteiger partial charge in [-0.2, -0.15) is 4.98 Å². The van der Waals surface area contributed by atoms with Crippen LogP contribution in [0.3, 0.4) is 0 Å². The largest absolute Gasteiger partial charge is 0.493 e. The molecule has 1 aromatic heterocycles. The number of para-hydroxylation sites is 1. The average Bonchev–Trinajstić information content (AvgIpc) is 3.02. The second kappa shape index (κ2) is 13.6. The van der Waals surface area contributed by atoms with Crippen LogP contribution in [0.2, 0.25) is 0 Å². The van der Waals surface area contributed by atoms with Crippen LogP contribution < -0.4 is 29.2 Å².